The van der Waals surface area contributed by atoms with Crippen molar-refractivity contribution in [2.45, 2.75) is 64.7 Å². The minimum Gasteiger partial charge on any atom is -0.380 e. The summed E-state index contributed by atoms with van der Waals surface area (Å²) in [5, 5.41) is 5.28. The Bertz CT molecular complexity index is 834. The number of nitrogens with one attached hydrogen (secondary N) is 2. The Morgan fingerprint density at radius 2 is 1.79 bits per heavy atom. The Labute approximate surface area is 194 Å². The van der Waals surface area contributed by atoms with Crippen LogP contribution < -0.4 is 10.6 Å². The molecule has 1 aromatic rings. The maximum atomic E-state index is 12.4. The topological polar surface area (TPSA) is 119 Å². The van der Waals surface area contributed by atoms with Gasteiger partial charge in [-0.15, -0.1) is 0 Å². The zero-order valence-corrected chi connectivity index (χ0v) is 19.3. The fourth-order valence-corrected chi connectivity index (χ4v) is 3.68. The van der Waals surface area contributed by atoms with Crippen molar-refractivity contribution in [3.63, 3.8) is 0 Å². The van der Waals surface area contributed by atoms with E-state index in [4.69, 9.17) is 4.74 Å². The molecular formula is C25H34N2O6. The van der Waals surface area contributed by atoms with Gasteiger partial charge in [-0.1, -0.05) is 25.5 Å². The first-order valence-corrected chi connectivity index (χ1v) is 11.7. The van der Waals surface area contributed by atoms with Gasteiger partial charge in [-0.3, -0.25) is 24.0 Å². The molecule has 0 aromatic heterocycles. The number of hydrogen-bond donors (Lipinski definition) is 2. The van der Waals surface area contributed by atoms with Gasteiger partial charge in [-0.25, -0.2) is 0 Å². The monoisotopic (exact) mass is 458 g/mol. The predicted molar refractivity (Wildman–Crippen MR) is 124 cm³/mol. The van der Waals surface area contributed by atoms with E-state index in [9.17, 15) is 24.0 Å². The molecule has 0 saturated heterocycles. The van der Waals surface area contributed by atoms with Crippen molar-refractivity contribution in [2.24, 2.45) is 5.92 Å². The minimum atomic E-state index is -0.479. The smallest absolute Gasteiger partial charge is 0.233 e. The SMILES string of the molecule is CCC(=O)CCCOCCNC(=O)CC(=O)Nc1ccc(CC(=O)C2CCCCC2=O)cc1. The molecule has 1 aliphatic rings. The van der Waals surface area contributed by atoms with Crippen molar-refractivity contribution in [3.05, 3.63) is 29.8 Å². The van der Waals surface area contributed by atoms with E-state index in [2.05, 4.69) is 10.6 Å². The number of ether oxygens (including phenoxy) is 1. The third-order valence-electron chi connectivity index (χ3n) is 5.59. The van der Waals surface area contributed by atoms with Crippen LogP contribution in [0, 0.1) is 5.92 Å². The van der Waals surface area contributed by atoms with Crippen LogP contribution in [0.2, 0.25) is 0 Å². The number of hydrogen-bond acceptors (Lipinski definition) is 6. The number of Topliss-reactive ketones (excluding diaryl/α,β-unsaturated/α-hetero) is 3. The van der Waals surface area contributed by atoms with Gasteiger partial charge in [0, 0.05) is 44.5 Å². The number of ketones is 3. The molecule has 1 saturated carbocycles. The van der Waals surface area contributed by atoms with Gasteiger partial charge in [-0.2, -0.15) is 0 Å². The van der Waals surface area contributed by atoms with Crippen LogP contribution >= 0.6 is 0 Å². The van der Waals surface area contributed by atoms with E-state index < -0.39 is 17.7 Å². The zero-order valence-electron chi connectivity index (χ0n) is 19.3. The summed E-state index contributed by atoms with van der Waals surface area (Å²) in [7, 11) is 0. The lowest BCUT2D eigenvalue weighted by atomic mass is 9.83. The van der Waals surface area contributed by atoms with Gasteiger partial charge >= 0.3 is 0 Å². The van der Waals surface area contributed by atoms with Crippen LogP contribution in [0.25, 0.3) is 0 Å². The molecule has 8 heteroatoms. The molecule has 2 amide bonds. The Kier molecular flexibility index (Phi) is 11.4. The lowest BCUT2D eigenvalue weighted by Gasteiger charge is -2.19. The van der Waals surface area contributed by atoms with E-state index in [1.54, 1.807) is 24.3 Å². The Morgan fingerprint density at radius 1 is 1.03 bits per heavy atom. The van der Waals surface area contributed by atoms with E-state index >= 15 is 0 Å². The second-order valence-electron chi connectivity index (χ2n) is 8.29. The minimum absolute atomic E-state index is 0.0448. The highest BCUT2D eigenvalue weighted by Crippen LogP contribution is 2.23. The summed E-state index contributed by atoms with van der Waals surface area (Å²) < 4.78 is 5.35. The molecule has 33 heavy (non-hydrogen) atoms. The fourth-order valence-electron chi connectivity index (χ4n) is 3.68. The lowest BCUT2D eigenvalue weighted by molar-refractivity contribution is -0.134. The molecule has 0 spiro atoms. The largest absolute Gasteiger partial charge is 0.380 e. The first-order valence-electron chi connectivity index (χ1n) is 11.7. The highest BCUT2D eigenvalue weighted by Gasteiger charge is 2.28. The highest BCUT2D eigenvalue weighted by molar-refractivity contribution is 6.04. The normalized spacial score (nSPS) is 15.7. The summed E-state index contributed by atoms with van der Waals surface area (Å²) in [4.78, 5) is 59.5. The van der Waals surface area contributed by atoms with Crippen LogP contribution in [0.3, 0.4) is 0 Å². The summed E-state index contributed by atoms with van der Waals surface area (Å²) in [5.74, 6) is -1.13. The maximum Gasteiger partial charge on any atom is 0.233 e. The number of benzene rings is 1. The van der Waals surface area contributed by atoms with Crippen molar-refractivity contribution < 1.29 is 28.7 Å². The molecule has 1 aliphatic carbocycles. The molecule has 2 rings (SSSR count). The van der Waals surface area contributed by atoms with E-state index in [1.807, 2.05) is 6.92 Å². The Hall–Kier alpha value is -2.87. The van der Waals surface area contributed by atoms with Crippen LogP contribution in [0.5, 0.6) is 0 Å². The summed E-state index contributed by atoms with van der Waals surface area (Å²) in [5.41, 5.74) is 1.32. The van der Waals surface area contributed by atoms with E-state index in [1.165, 1.54) is 0 Å². The average molecular weight is 459 g/mol. The third kappa shape index (κ3) is 10.1. The zero-order chi connectivity index (χ0) is 24.1. The molecule has 2 N–H and O–H groups in total. The molecule has 1 unspecified atom stereocenters. The van der Waals surface area contributed by atoms with Gasteiger partial charge in [0.25, 0.3) is 0 Å². The Morgan fingerprint density at radius 3 is 2.48 bits per heavy atom. The predicted octanol–water partition coefficient (Wildman–Crippen LogP) is 2.78. The number of carbonyl (C=O) groups is 5. The van der Waals surface area contributed by atoms with Gasteiger partial charge < -0.3 is 15.4 Å². The van der Waals surface area contributed by atoms with Gasteiger partial charge in [-0.05, 0) is 37.0 Å². The summed E-state index contributed by atoms with van der Waals surface area (Å²) in [6.45, 7) is 2.90. The number of carbonyl (C=O) groups excluding carboxylic acids is 5. The summed E-state index contributed by atoms with van der Waals surface area (Å²) >= 11 is 0. The molecular weight excluding hydrogens is 424 g/mol. The lowest BCUT2D eigenvalue weighted by Crippen LogP contribution is -2.30. The van der Waals surface area contributed by atoms with Crippen LogP contribution in [0.1, 0.15) is 63.9 Å². The van der Waals surface area contributed by atoms with E-state index in [0.717, 1.165) is 18.4 Å². The van der Waals surface area contributed by atoms with E-state index in [0.29, 0.717) is 57.6 Å². The van der Waals surface area contributed by atoms with Crippen molar-refractivity contribution in [1.82, 2.24) is 5.32 Å². The number of rotatable bonds is 14. The van der Waals surface area contributed by atoms with Crippen molar-refractivity contribution in [3.8, 4) is 0 Å². The van der Waals surface area contributed by atoms with Gasteiger partial charge in [0.05, 0.1) is 12.5 Å². The van der Waals surface area contributed by atoms with Gasteiger partial charge in [0.1, 0.15) is 23.8 Å². The van der Waals surface area contributed by atoms with E-state index in [-0.39, 0.29) is 30.2 Å². The summed E-state index contributed by atoms with van der Waals surface area (Å²) in [6.07, 6.45) is 4.49. The molecule has 0 heterocycles. The first kappa shape index (κ1) is 26.4. The maximum absolute atomic E-state index is 12.4. The number of amides is 2. The second kappa shape index (κ2) is 14.3. The van der Waals surface area contributed by atoms with Crippen molar-refractivity contribution >= 4 is 34.9 Å². The number of anilines is 1. The first-order chi connectivity index (χ1) is 15.9. The molecule has 0 bridgehead atoms. The van der Waals surface area contributed by atoms with Crippen LogP contribution in [-0.4, -0.2) is 48.9 Å². The van der Waals surface area contributed by atoms with Crippen molar-refractivity contribution in [1.29, 1.82) is 0 Å². The highest BCUT2D eigenvalue weighted by atomic mass is 16.5. The standard InChI is InChI=1S/C25H34N2O6/c1-2-20(28)6-5-14-33-15-13-26-24(31)17-25(32)27-19-11-9-18(10-12-19)16-23(30)21-7-3-4-8-22(21)29/h9-12,21H,2-8,13-17H2,1H3,(H,26,31)(H,27,32). The Balaban J connectivity index is 1.63. The fraction of sp³-hybridized carbons (Fsp3) is 0.560. The molecule has 0 aliphatic heterocycles. The van der Waals surface area contributed by atoms with Crippen LogP contribution in [0.15, 0.2) is 24.3 Å². The molecule has 1 aromatic carbocycles. The quantitative estimate of drug-likeness (QED) is 0.327. The van der Waals surface area contributed by atoms with Crippen LogP contribution in [-0.2, 0) is 35.1 Å². The van der Waals surface area contributed by atoms with Gasteiger partial charge in [0.2, 0.25) is 11.8 Å². The molecule has 1 atom stereocenters. The van der Waals surface area contributed by atoms with Crippen LogP contribution in [0.4, 0.5) is 5.69 Å². The molecule has 0 radical (unpaired) electrons. The third-order valence-corrected chi connectivity index (χ3v) is 5.59. The summed E-state index contributed by atoms with van der Waals surface area (Å²) in [6, 6.07) is 6.84. The van der Waals surface area contributed by atoms with Crippen molar-refractivity contribution in [2.75, 3.05) is 25.1 Å². The van der Waals surface area contributed by atoms with Gasteiger partial charge in [0.15, 0.2) is 0 Å². The average Bonchev–Trinajstić information content (AvgIpc) is 2.79. The molecule has 180 valence electrons. The second-order valence-corrected chi connectivity index (χ2v) is 8.29. The molecule has 1 fully saturated rings. The molecule has 8 nitrogen and oxygen atoms in total.